The van der Waals surface area contributed by atoms with Crippen molar-refractivity contribution >= 4 is 29.3 Å². The Kier molecular flexibility index (Phi) is 11.5. The SMILES string of the molecule is C.CCOC(=O)COc1ccc(C(=Cc2ccc([N+](=O)[O-])cc2)c2ccc(OCC(=O)OCC)cc2)cc1. The maximum Gasteiger partial charge on any atom is 0.344 e. The predicted octanol–water partition coefficient (Wildman–Crippen LogP) is 5.70. The second-order valence-corrected chi connectivity index (χ2v) is 7.64. The van der Waals surface area contributed by atoms with Crippen molar-refractivity contribution in [2.24, 2.45) is 0 Å². The van der Waals surface area contributed by atoms with Gasteiger partial charge in [0.25, 0.3) is 5.69 Å². The zero-order chi connectivity index (χ0) is 26.6. The van der Waals surface area contributed by atoms with Crippen LogP contribution < -0.4 is 9.47 Å². The van der Waals surface area contributed by atoms with Gasteiger partial charge in [-0.15, -0.1) is 0 Å². The highest BCUT2D eigenvalue weighted by molar-refractivity contribution is 5.91. The molecule has 0 aliphatic carbocycles. The summed E-state index contributed by atoms with van der Waals surface area (Å²) >= 11 is 0. The minimum atomic E-state index is -0.449. The Morgan fingerprint density at radius 3 is 1.53 bits per heavy atom. The lowest BCUT2D eigenvalue weighted by Gasteiger charge is -2.12. The van der Waals surface area contributed by atoms with Crippen molar-refractivity contribution in [2.75, 3.05) is 26.4 Å². The highest BCUT2D eigenvalue weighted by Crippen LogP contribution is 2.29. The molecule has 0 amide bonds. The smallest absolute Gasteiger partial charge is 0.344 e. The van der Waals surface area contributed by atoms with Gasteiger partial charge >= 0.3 is 11.9 Å². The number of esters is 2. The molecule has 0 radical (unpaired) electrons. The summed E-state index contributed by atoms with van der Waals surface area (Å²) in [4.78, 5) is 33.7. The van der Waals surface area contributed by atoms with E-state index in [2.05, 4.69) is 0 Å². The van der Waals surface area contributed by atoms with Crippen molar-refractivity contribution in [3.05, 3.63) is 99.6 Å². The molecule has 0 unspecified atom stereocenters. The monoisotopic (exact) mass is 521 g/mol. The van der Waals surface area contributed by atoms with Gasteiger partial charge in [0.05, 0.1) is 18.1 Å². The molecular formula is C29H31NO8. The first kappa shape index (κ1) is 29.6. The quantitative estimate of drug-likeness (QED) is 0.129. The molecular weight excluding hydrogens is 490 g/mol. The zero-order valence-electron chi connectivity index (χ0n) is 20.5. The number of nitrogens with zero attached hydrogens (tertiary/aromatic N) is 1. The standard InChI is InChI=1S/C28H27NO8.CH4/c1-3-34-27(30)18-36-24-13-7-21(8-14-24)26(17-20-5-11-23(12-6-20)29(32)33)22-9-15-25(16-10-22)37-19-28(31)35-4-2;/h5-17H,3-4,18-19H2,1-2H3;1H4. The van der Waals surface area contributed by atoms with E-state index >= 15 is 0 Å². The molecule has 0 saturated carbocycles. The normalized spacial score (nSPS) is 9.95. The number of carbonyl (C=O) groups is 2. The van der Waals surface area contributed by atoms with E-state index in [1.165, 1.54) is 12.1 Å². The molecule has 9 nitrogen and oxygen atoms in total. The number of non-ortho nitro benzene ring substituents is 1. The van der Waals surface area contributed by atoms with Crippen LogP contribution in [0.15, 0.2) is 72.8 Å². The fraction of sp³-hybridized carbons (Fsp3) is 0.241. The van der Waals surface area contributed by atoms with Gasteiger partial charge in [0.1, 0.15) is 11.5 Å². The molecule has 0 bridgehead atoms. The summed E-state index contributed by atoms with van der Waals surface area (Å²) in [7, 11) is 0. The maximum absolute atomic E-state index is 11.6. The highest BCUT2D eigenvalue weighted by atomic mass is 16.6. The average Bonchev–Trinajstić information content (AvgIpc) is 2.91. The molecule has 38 heavy (non-hydrogen) atoms. The number of carbonyl (C=O) groups excluding carboxylic acids is 2. The molecule has 200 valence electrons. The Hall–Kier alpha value is -4.66. The van der Waals surface area contributed by atoms with E-state index in [1.807, 2.05) is 30.3 Å². The van der Waals surface area contributed by atoms with E-state index < -0.39 is 16.9 Å². The van der Waals surface area contributed by atoms with Crippen LogP contribution in [0.1, 0.15) is 38.0 Å². The van der Waals surface area contributed by atoms with E-state index in [-0.39, 0.29) is 39.5 Å². The van der Waals surface area contributed by atoms with Crippen molar-refractivity contribution in [3.63, 3.8) is 0 Å². The Labute approximate surface area is 221 Å². The van der Waals surface area contributed by atoms with Gasteiger partial charge in [0, 0.05) is 12.1 Å². The van der Waals surface area contributed by atoms with Crippen LogP contribution in [0.5, 0.6) is 11.5 Å². The lowest BCUT2D eigenvalue weighted by molar-refractivity contribution is -0.384. The average molecular weight is 522 g/mol. The number of benzene rings is 3. The van der Waals surface area contributed by atoms with Gasteiger partial charge in [-0.1, -0.05) is 31.7 Å². The van der Waals surface area contributed by atoms with Crippen molar-refractivity contribution in [1.82, 2.24) is 0 Å². The first-order valence-electron chi connectivity index (χ1n) is 11.6. The van der Waals surface area contributed by atoms with Crippen LogP contribution in [0.2, 0.25) is 0 Å². The first-order chi connectivity index (χ1) is 17.9. The third-order valence-corrected chi connectivity index (χ3v) is 5.07. The lowest BCUT2D eigenvalue weighted by atomic mass is 9.95. The molecule has 0 aliphatic rings. The van der Waals surface area contributed by atoms with E-state index in [0.717, 1.165) is 22.3 Å². The maximum atomic E-state index is 11.6. The lowest BCUT2D eigenvalue weighted by Crippen LogP contribution is -2.14. The summed E-state index contributed by atoms with van der Waals surface area (Å²) in [5.41, 5.74) is 3.31. The van der Waals surface area contributed by atoms with Crippen molar-refractivity contribution in [3.8, 4) is 11.5 Å². The van der Waals surface area contributed by atoms with E-state index in [1.54, 1.807) is 50.2 Å². The highest BCUT2D eigenvalue weighted by Gasteiger charge is 2.10. The van der Waals surface area contributed by atoms with Gasteiger partial charge in [-0.3, -0.25) is 10.1 Å². The summed E-state index contributed by atoms with van der Waals surface area (Å²) in [5, 5.41) is 11.0. The zero-order valence-corrected chi connectivity index (χ0v) is 20.5. The van der Waals surface area contributed by atoms with Crippen LogP contribution in [-0.2, 0) is 19.1 Å². The minimum absolute atomic E-state index is 0. The summed E-state index contributed by atoms with van der Waals surface area (Å²) in [5.74, 6) is 0.120. The minimum Gasteiger partial charge on any atom is -0.482 e. The van der Waals surface area contributed by atoms with Crippen molar-refractivity contribution in [1.29, 1.82) is 0 Å². The molecule has 0 aromatic heterocycles. The fourth-order valence-corrected chi connectivity index (χ4v) is 3.34. The molecule has 0 heterocycles. The molecule has 3 rings (SSSR count). The number of nitro benzene ring substituents is 1. The molecule has 0 fully saturated rings. The van der Waals surface area contributed by atoms with Crippen LogP contribution in [0, 0.1) is 10.1 Å². The summed E-state index contributed by atoms with van der Waals surface area (Å²) < 4.78 is 20.7. The van der Waals surface area contributed by atoms with Gasteiger partial charge in [-0.2, -0.15) is 0 Å². The molecule has 0 spiro atoms. The predicted molar refractivity (Wildman–Crippen MR) is 144 cm³/mol. The second-order valence-electron chi connectivity index (χ2n) is 7.64. The van der Waals surface area contributed by atoms with Crippen LogP contribution >= 0.6 is 0 Å². The van der Waals surface area contributed by atoms with Gasteiger partial charge in [0.15, 0.2) is 13.2 Å². The Morgan fingerprint density at radius 2 is 1.16 bits per heavy atom. The molecule has 9 heteroatoms. The second kappa shape index (κ2) is 14.8. The number of nitro groups is 1. The van der Waals surface area contributed by atoms with Crippen molar-refractivity contribution in [2.45, 2.75) is 21.3 Å². The van der Waals surface area contributed by atoms with Crippen LogP contribution in [0.3, 0.4) is 0 Å². The summed E-state index contributed by atoms with van der Waals surface area (Å²) in [6, 6.07) is 20.6. The third-order valence-electron chi connectivity index (χ3n) is 5.07. The number of rotatable bonds is 12. The van der Waals surface area contributed by atoms with Gasteiger partial charge < -0.3 is 18.9 Å². The Morgan fingerprint density at radius 1 is 0.737 bits per heavy atom. The number of ether oxygens (including phenoxy) is 4. The molecule has 3 aromatic rings. The molecule has 0 atom stereocenters. The van der Waals surface area contributed by atoms with E-state index in [9.17, 15) is 19.7 Å². The molecule has 0 N–H and O–H groups in total. The van der Waals surface area contributed by atoms with Crippen molar-refractivity contribution < 1.29 is 33.5 Å². The van der Waals surface area contributed by atoms with Crippen LogP contribution in [0.25, 0.3) is 11.6 Å². The summed E-state index contributed by atoms with van der Waals surface area (Å²) in [6.07, 6.45) is 1.91. The molecule has 0 saturated heterocycles. The van der Waals surface area contributed by atoms with Crippen LogP contribution in [-0.4, -0.2) is 43.3 Å². The van der Waals surface area contributed by atoms with Gasteiger partial charge in [0.2, 0.25) is 0 Å². The first-order valence-corrected chi connectivity index (χ1v) is 11.6. The summed E-state index contributed by atoms with van der Waals surface area (Å²) in [6.45, 7) is 3.64. The topological polar surface area (TPSA) is 114 Å². The fourth-order valence-electron chi connectivity index (χ4n) is 3.34. The van der Waals surface area contributed by atoms with Crippen LogP contribution in [0.4, 0.5) is 5.69 Å². The Bertz CT molecular complexity index is 1170. The Balaban J connectivity index is 0.00000507. The van der Waals surface area contributed by atoms with E-state index in [4.69, 9.17) is 18.9 Å². The number of hydrogen-bond acceptors (Lipinski definition) is 8. The van der Waals surface area contributed by atoms with E-state index in [0.29, 0.717) is 11.5 Å². The van der Waals surface area contributed by atoms with Gasteiger partial charge in [-0.25, -0.2) is 9.59 Å². The van der Waals surface area contributed by atoms with Gasteiger partial charge in [-0.05, 0) is 78.6 Å². The largest absolute Gasteiger partial charge is 0.482 e. The number of hydrogen-bond donors (Lipinski definition) is 0. The third kappa shape index (κ3) is 8.77. The molecule has 3 aromatic carbocycles. The molecule has 0 aliphatic heterocycles.